The van der Waals surface area contributed by atoms with Crippen LogP contribution in [0.4, 0.5) is 30.6 Å². The zero-order chi connectivity index (χ0) is 22.6. The molecule has 0 saturated heterocycles. The van der Waals surface area contributed by atoms with Crippen LogP contribution < -0.4 is 10.6 Å². The average Bonchev–Trinajstić information content (AvgIpc) is 2.73. The highest BCUT2D eigenvalue weighted by atomic mass is 19.4. The Balaban J connectivity index is 2.02. The second-order valence-corrected chi connectivity index (χ2v) is 7.66. The molecule has 8 heteroatoms. The summed E-state index contributed by atoms with van der Waals surface area (Å²) in [5.41, 5.74) is 1.66. The van der Waals surface area contributed by atoms with E-state index < -0.39 is 11.7 Å². The van der Waals surface area contributed by atoms with Gasteiger partial charge in [0.05, 0.1) is 23.9 Å². The molecule has 0 bridgehead atoms. The summed E-state index contributed by atoms with van der Waals surface area (Å²) in [4.78, 5) is 8.97. The van der Waals surface area contributed by atoms with Crippen LogP contribution in [-0.2, 0) is 6.18 Å². The van der Waals surface area contributed by atoms with Crippen LogP contribution in [0.25, 0.3) is 11.3 Å². The van der Waals surface area contributed by atoms with Gasteiger partial charge in [0.25, 0.3) is 0 Å². The van der Waals surface area contributed by atoms with Crippen molar-refractivity contribution in [3.05, 3.63) is 65.7 Å². The van der Waals surface area contributed by atoms with Crippen molar-refractivity contribution in [3.8, 4) is 11.3 Å². The van der Waals surface area contributed by atoms with Crippen molar-refractivity contribution in [3.63, 3.8) is 0 Å². The lowest BCUT2D eigenvalue weighted by molar-refractivity contribution is -0.137. The van der Waals surface area contributed by atoms with Crippen LogP contribution in [-0.4, -0.2) is 27.7 Å². The van der Waals surface area contributed by atoms with Crippen LogP contribution >= 0.6 is 0 Å². The van der Waals surface area contributed by atoms with Crippen LogP contribution in [0.1, 0.15) is 25.0 Å². The van der Waals surface area contributed by atoms with Crippen molar-refractivity contribution in [2.24, 2.45) is 5.92 Å². The smallest absolute Gasteiger partial charge is 0.394 e. The number of alkyl halides is 3. The van der Waals surface area contributed by atoms with E-state index in [-0.39, 0.29) is 24.5 Å². The molecule has 0 spiro atoms. The number of anilines is 3. The number of hydrogen-bond donors (Lipinski definition) is 3. The summed E-state index contributed by atoms with van der Waals surface area (Å²) >= 11 is 0. The molecule has 3 aromatic rings. The van der Waals surface area contributed by atoms with Gasteiger partial charge in [-0.1, -0.05) is 50.2 Å². The van der Waals surface area contributed by atoms with Gasteiger partial charge in [0.15, 0.2) is 0 Å². The summed E-state index contributed by atoms with van der Waals surface area (Å²) in [7, 11) is 0. The summed E-state index contributed by atoms with van der Waals surface area (Å²) in [6.45, 7) is 5.54. The first kappa shape index (κ1) is 22.6. The van der Waals surface area contributed by atoms with Crippen LogP contribution in [0.3, 0.4) is 0 Å². The second kappa shape index (κ2) is 9.34. The molecule has 3 rings (SSSR count). The lowest BCUT2D eigenvalue weighted by Gasteiger charge is -2.21. The normalized spacial score (nSPS) is 12.6. The van der Waals surface area contributed by atoms with E-state index in [1.54, 1.807) is 13.0 Å². The van der Waals surface area contributed by atoms with E-state index in [1.807, 2.05) is 44.2 Å². The highest BCUT2D eigenvalue weighted by molar-refractivity contribution is 5.69. The van der Waals surface area contributed by atoms with Crippen LogP contribution in [0.15, 0.2) is 54.6 Å². The Labute approximate surface area is 179 Å². The summed E-state index contributed by atoms with van der Waals surface area (Å²) in [5.74, 6) is 0.747. The molecule has 1 atom stereocenters. The monoisotopic (exact) mass is 430 g/mol. The summed E-state index contributed by atoms with van der Waals surface area (Å²) in [6, 6.07) is 14.4. The van der Waals surface area contributed by atoms with Gasteiger partial charge in [0, 0.05) is 17.3 Å². The maximum atomic E-state index is 13.2. The summed E-state index contributed by atoms with van der Waals surface area (Å²) < 4.78 is 39.5. The fraction of sp³-hybridized carbons (Fsp3) is 0.304. The van der Waals surface area contributed by atoms with E-state index in [0.29, 0.717) is 22.8 Å². The molecule has 1 aromatic heterocycles. The number of aliphatic hydroxyl groups excluding tert-OH is 1. The molecule has 164 valence electrons. The number of rotatable bonds is 7. The molecule has 2 aromatic carbocycles. The van der Waals surface area contributed by atoms with Gasteiger partial charge in [-0.25, -0.2) is 4.98 Å². The van der Waals surface area contributed by atoms with Crippen molar-refractivity contribution < 1.29 is 18.3 Å². The molecule has 0 radical (unpaired) electrons. The summed E-state index contributed by atoms with van der Waals surface area (Å²) in [5, 5.41) is 15.8. The van der Waals surface area contributed by atoms with Gasteiger partial charge in [-0.2, -0.15) is 18.2 Å². The number of nitrogens with zero attached hydrogens (tertiary/aromatic N) is 2. The third kappa shape index (κ3) is 5.73. The van der Waals surface area contributed by atoms with E-state index in [4.69, 9.17) is 0 Å². The lowest BCUT2D eigenvalue weighted by Crippen LogP contribution is -2.30. The molecule has 0 fully saturated rings. The van der Waals surface area contributed by atoms with Gasteiger partial charge in [-0.15, -0.1) is 0 Å². The molecule has 0 amide bonds. The maximum absolute atomic E-state index is 13.2. The van der Waals surface area contributed by atoms with Gasteiger partial charge >= 0.3 is 6.18 Å². The van der Waals surface area contributed by atoms with Crippen molar-refractivity contribution in [2.45, 2.75) is 33.0 Å². The first-order valence-corrected chi connectivity index (χ1v) is 9.94. The topological polar surface area (TPSA) is 70.1 Å². The van der Waals surface area contributed by atoms with E-state index in [9.17, 15) is 18.3 Å². The first-order chi connectivity index (χ1) is 14.7. The Kier molecular flexibility index (Phi) is 6.80. The van der Waals surface area contributed by atoms with E-state index in [0.717, 1.165) is 17.7 Å². The number of aryl methyl sites for hydroxylation is 1. The Morgan fingerprint density at radius 3 is 2.32 bits per heavy atom. The second-order valence-electron chi connectivity index (χ2n) is 7.66. The highest BCUT2D eigenvalue weighted by Crippen LogP contribution is 2.33. The van der Waals surface area contributed by atoms with Crippen molar-refractivity contribution >= 4 is 17.5 Å². The van der Waals surface area contributed by atoms with Gasteiger partial charge in [0.2, 0.25) is 5.95 Å². The Hall–Kier alpha value is -3.13. The number of halogens is 3. The molecule has 0 aliphatic rings. The van der Waals surface area contributed by atoms with Gasteiger partial charge in [-0.3, -0.25) is 0 Å². The minimum Gasteiger partial charge on any atom is -0.394 e. The van der Waals surface area contributed by atoms with Gasteiger partial charge in [-0.05, 0) is 30.5 Å². The van der Waals surface area contributed by atoms with Gasteiger partial charge in [0.1, 0.15) is 5.82 Å². The fourth-order valence-corrected chi connectivity index (χ4v) is 2.99. The van der Waals surface area contributed by atoms with E-state index in [1.165, 1.54) is 6.07 Å². The zero-order valence-electron chi connectivity index (χ0n) is 17.5. The number of aromatic nitrogens is 2. The number of hydrogen-bond acceptors (Lipinski definition) is 5. The Morgan fingerprint density at radius 1 is 1.00 bits per heavy atom. The van der Waals surface area contributed by atoms with Gasteiger partial charge < -0.3 is 15.7 Å². The Bertz CT molecular complexity index is 1020. The molecule has 0 unspecified atom stereocenters. The molecule has 0 saturated carbocycles. The number of benzene rings is 2. The molecule has 0 aliphatic carbocycles. The quantitative estimate of drug-likeness (QED) is 0.452. The molecule has 1 heterocycles. The molecule has 5 nitrogen and oxygen atoms in total. The summed E-state index contributed by atoms with van der Waals surface area (Å²) in [6.07, 6.45) is -4.44. The third-order valence-corrected chi connectivity index (χ3v) is 4.94. The predicted molar refractivity (Wildman–Crippen MR) is 116 cm³/mol. The van der Waals surface area contributed by atoms with Crippen LogP contribution in [0.2, 0.25) is 0 Å². The maximum Gasteiger partial charge on any atom is 0.416 e. The van der Waals surface area contributed by atoms with Crippen LogP contribution in [0.5, 0.6) is 0 Å². The standard InChI is InChI=1S/C23H25F3N4O/c1-14(2)20(13-31)29-22-28-19(16-7-5-4-6-8-16)12-21(30-22)27-18-11-17(23(24,25)26)10-9-15(18)3/h4-12,14,20,31H,13H2,1-3H3,(H2,27,28,29,30)/t20-/m1/s1. The van der Waals surface area contributed by atoms with E-state index in [2.05, 4.69) is 20.6 Å². The SMILES string of the molecule is Cc1ccc(C(F)(F)F)cc1Nc1cc(-c2ccccc2)nc(N[C@H](CO)C(C)C)n1. The minimum absolute atomic E-state index is 0.105. The van der Waals surface area contributed by atoms with E-state index >= 15 is 0 Å². The Morgan fingerprint density at radius 2 is 1.71 bits per heavy atom. The van der Waals surface area contributed by atoms with Crippen LogP contribution in [0, 0.1) is 12.8 Å². The highest BCUT2D eigenvalue weighted by Gasteiger charge is 2.30. The number of nitrogens with one attached hydrogen (secondary N) is 2. The van der Waals surface area contributed by atoms with Crippen molar-refractivity contribution in [2.75, 3.05) is 17.2 Å². The van der Waals surface area contributed by atoms with Crippen molar-refractivity contribution in [1.82, 2.24) is 9.97 Å². The first-order valence-electron chi connectivity index (χ1n) is 9.94. The largest absolute Gasteiger partial charge is 0.416 e. The molecule has 31 heavy (non-hydrogen) atoms. The zero-order valence-corrected chi connectivity index (χ0v) is 17.5. The minimum atomic E-state index is -4.44. The molecule has 0 aliphatic heterocycles. The average molecular weight is 430 g/mol. The molecular formula is C23H25F3N4O. The lowest BCUT2D eigenvalue weighted by atomic mass is 10.1. The molecular weight excluding hydrogens is 405 g/mol. The predicted octanol–water partition coefficient (Wildman–Crippen LogP) is 5.64. The molecule has 3 N–H and O–H groups in total. The number of aliphatic hydroxyl groups is 1. The van der Waals surface area contributed by atoms with Crippen molar-refractivity contribution in [1.29, 1.82) is 0 Å². The fourth-order valence-electron chi connectivity index (χ4n) is 2.99. The third-order valence-electron chi connectivity index (χ3n) is 4.94.